The molecule has 0 aromatic heterocycles. The highest BCUT2D eigenvalue weighted by atomic mass is 16.4. The minimum Gasteiger partial charge on any atom is -0.395 e. The fourth-order valence-electron chi connectivity index (χ4n) is 2.66. The number of piperidine rings is 1. The third kappa shape index (κ3) is 1.36. The van der Waals surface area contributed by atoms with Crippen molar-refractivity contribution in [3.8, 4) is 0 Å². The molecule has 0 bridgehead atoms. The predicted molar refractivity (Wildman–Crippen MR) is 48.6 cm³/mol. The van der Waals surface area contributed by atoms with E-state index in [0.29, 0.717) is 0 Å². The fraction of sp³-hybridized carbons (Fsp3) is 1.00. The van der Waals surface area contributed by atoms with E-state index in [9.17, 15) is 15.3 Å². The number of aliphatic hydroxyl groups excluding tert-OH is 4. The molecule has 82 valence electrons. The Hall–Kier alpha value is -0.200. The normalized spacial score (nSPS) is 49.3. The first-order chi connectivity index (χ1) is 6.66. The van der Waals surface area contributed by atoms with Crippen LogP contribution in [0.4, 0.5) is 0 Å². The molecule has 0 aliphatic carbocycles. The van der Waals surface area contributed by atoms with Crippen LogP contribution in [0.1, 0.15) is 12.8 Å². The van der Waals surface area contributed by atoms with Crippen molar-refractivity contribution in [3.05, 3.63) is 0 Å². The maximum absolute atomic E-state index is 9.70. The minimum atomic E-state index is -1.13. The van der Waals surface area contributed by atoms with E-state index in [1.54, 1.807) is 0 Å². The molecule has 0 aromatic carbocycles. The van der Waals surface area contributed by atoms with Gasteiger partial charge in [-0.3, -0.25) is 4.90 Å². The molecule has 0 aromatic rings. The zero-order valence-corrected chi connectivity index (χ0v) is 7.95. The summed E-state index contributed by atoms with van der Waals surface area (Å²) in [5.41, 5.74) is 0. The van der Waals surface area contributed by atoms with Crippen LogP contribution in [0.2, 0.25) is 0 Å². The molecule has 0 saturated carbocycles. The average molecular weight is 203 g/mol. The Morgan fingerprint density at radius 3 is 2.43 bits per heavy atom. The lowest BCUT2D eigenvalue weighted by molar-refractivity contribution is -0.160. The summed E-state index contributed by atoms with van der Waals surface area (Å²) in [6.45, 7) is 0.595. The van der Waals surface area contributed by atoms with E-state index in [4.69, 9.17) is 5.11 Å². The number of rotatable bonds is 1. The molecule has 0 unspecified atom stereocenters. The third-order valence-corrected chi connectivity index (χ3v) is 3.44. The van der Waals surface area contributed by atoms with Crippen molar-refractivity contribution in [3.63, 3.8) is 0 Å². The molecule has 2 fully saturated rings. The molecule has 4 N–H and O–H groups in total. The topological polar surface area (TPSA) is 84.2 Å². The SMILES string of the molecule is OC[C@@H]1[C@@H](O)[C@H](O)[C@@H](O)[C@H]2CCCN21. The summed E-state index contributed by atoms with van der Waals surface area (Å²) < 4.78 is 0. The zero-order chi connectivity index (χ0) is 10.3. The summed E-state index contributed by atoms with van der Waals surface area (Å²) >= 11 is 0. The van der Waals surface area contributed by atoms with E-state index in [2.05, 4.69) is 0 Å². The van der Waals surface area contributed by atoms with Gasteiger partial charge < -0.3 is 20.4 Å². The largest absolute Gasteiger partial charge is 0.395 e. The van der Waals surface area contributed by atoms with Crippen LogP contribution in [-0.4, -0.2) is 68.9 Å². The second kappa shape index (κ2) is 3.75. The quantitative estimate of drug-likeness (QED) is 0.393. The van der Waals surface area contributed by atoms with Gasteiger partial charge in [0, 0.05) is 6.04 Å². The molecular weight excluding hydrogens is 186 g/mol. The van der Waals surface area contributed by atoms with E-state index >= 15 is 0 Å². The molecular formula is C9H17NO4. The van der Waals surface area contributed by atoms with Crippen molar-refractivity contribution in [2.75, 3.05) is 13.2 Å². The Labute approximate surface area is 82.6 Å². The monoisotopic (exact) mass is 203 g/mol. The van der Waals surface area contributed by atoms with Gasteiger partial charge in [-0.05, 0) is 19.4 Å². The molecule has 2 aliphatic heterocycles. The molecule has 5 heteroatoms. The minimum absolute atomic E-state index is 0.106. The van der Waals surface area contributed by atoms with Crippen molar-refractivity contribution in [1.29, 1.82) is 0 Å². The summed E-state index contributed by atoms with van der Waals surface area (Å²) in [5.74, 6) is 0. The maximum atomic E-state index is 9.70. The van der Waals surface area contributed by atoms with Crippen molar-refractivity contribution < 1.29 is 20.4 Å². The van der Waals surface area contributed by atoms with Crippen LogP contribution < -0.4 is 0 Å². The van der Waals surface area contributed by atoms with Gasteiger partial charge in [0.2, 0.25) is 0 Å². The Bertz CT molecular complexity index is 213. The fourth-order valence-corrected chi connectivity index (χ4v) is 2.66. The van der Waals surface area contributed by atoms with Gasteiger partial charge in [-0.2, -0.15) is 0 Å². The lowest BCUT2D eigenvalue weighted by Gasteiger charge is -2.45. The summed E-state index contributed by atoms with van der Waals surface area (Å²) in [7, 11) is 0. The van der Waals surface area contributed by atoms with Crippen LogP contribution >= 0.6 is 0 Å². The molecule has 0 radical (unpaired) electrons. The van der Waals surface area contributed by atoms with Crippen LogP contribution in [0.15, 0.2) is 0 Å². The Balaban J connectivity index is 2.19. The van der Waals surface area contributed by atoms with Crippen LogP contribution in [-0.2, 0) is 0 Å². The van der Waals surface area contributed by atoms with Crippen LogP contribution in [0.3, 0.4) is 0 Å². The first kappa shape index (κ1) is 10.3. The van der Waals surface area contributed by atoms with Gasteiger partial charge in [-0.15, -0.1) is 0 Å². The van der Waals surface area contributed by atoms with Gasteiger partial charge in [0.05, 0.1) is 18.8 Å². The highest BCUT2D eigenvalue weighted by Crippen LogP contribution is 2.31. The first-order valence-electron chi connectivity index (χ1n) is 5.07. The van der Waals surface area contributed by atoms with Gasteiger partial charge in [0.1, 0.15) is 12.2 Å². The van der Waals surface area contributed by atoms with Crippen molar-refractivity contribution in [1.82, 2.24) is 4.90 Å². The average Bonchev–Trinajstić information content (AvgIpc) is 2.64. The number of hydrogen-bond donors (Lipinski definition) is 4. The van der Waals surface area contributed by atoms with Crippen LogP contribution in [0.25, 0.3) is 0 Å². The van der Waals surface area contributed by atoms with E-state index in [1.807, 2.05) is 4.90 Å². The number of aliphatic hydroxyl groups is 4. The lowest BCUT2D eigenvalue weighted by atomic mass is 9.89. The van der Waals surface area contributed by atoms with Crippen molar-refractivity contribution in [2.24, 2.45) is 0 Å². The molecule has 2 aliphatic rings. The van der Waals surface area contributed by atoms with Gasteiger partial charge in [-0.25, -0.2) is 0 Å². The molecule has 2 rings (SSSR count). The second-order valence-corrected chi connectivity index (χ2v) is 4.17. The van der Waals surface area contributed by atoms with E-state index < -0.39 is 24.4 Å². The molecule has 0 amide bonds. The van der Waals surface area contributed by atoms with Gasteiger partial charge in [0.25, 0.3) is 0 Å². The molecule has 5 atom stereocenters. The standard InChI is InChI=1S/C9H17NO4/c11-4-6-8(13)9(14)7(12)5-2-1-3-10(5)6/h5-9,11-14H,1-4H2/t5-,6-,7+,8-,9-/m1/s1. The molecule has 5 nitrogen and oxygen atoms in total. The zero-order valence-electron chi connectivity index (χ0n) is 7.95. The van der Waals surface area contributed by atoms with E-state index in [-0.39, 0.29) is 12.6 Å². The Kier molecular flexibility index (Phi) is 2.77. The summed E-state index contributed by atoms with van der Waals surface area (Å²) in [4.78, 5) is 1.90. The number of fused-ring (bicyclic) bond motifs is 1. The first-order valence-corrected chi connectivity index (χ1v) is 5.07. The summed E-state index contributed by atoms with van der Waals surface area (Å²) in [6.07, 6.45) is -1.31. The number of hydrogen-bond acceptors (Lipinski definition) is 5. The second-order valence-electron chi connectivity index (χ2n) is 4.17. The lowest BCUT2D eigenvalue weighted by Crippen LogP contribution is -2.65. The molecule has 14 heavy (non-hydrogen) atoms. The number of nitrogens with zero attached hydrogens (tertiary/aromatic N) is 1. The summed E-state index contributed by atoms with van der Waals surface area (Å²) in [6, 6.07) is -0.536. The van der Waals surface area contributed by atoms with E-state index in [0.717, 1.165) is 19.4 Å². The smallest absolute Gasteiger partial charge is 0.109 e. The molecule has 0 spiro atoms. The van der Waals surface area contributed by atoms with Gasteiger partial charge in [0.15, 0.2) is 0 Å². The van der Waals surface area contributed by atoms with Crippen molar-refractivity contribution in [2.45, 2.75) is 43.2 Å². The third-order valence-electron chi connectivity index (χ3n) is 3.44. The van der Waals surface area contributed by atoms with Crippen LogP contribution in [0.5, 0.6) is 0 Å². The van der Waals surface area contributed by atoms with Gasteiger partial charge in [-0.1, -0.05) is 0 Å². The maximum Gasteiger partial charge on any atom is 0.109 e. The highest BCUT2D eigenvalue weighted by Gasteiger charge is 2.48. The molecule has 2 saturated heterocycles. The predicted octanol–water partition coefficient (Wildman–Crippen LogP) is -2.09. The van der Waals surface area contributed by atoms with Gasteiger partial charge >= 0.3 is 0 Å². The molecule has 2 heterocycles. The summed E-state index contributed by atoms with van der Waals surface area (Å²) in [5, 5.41) is 38.0. The van der Waals surface area contributed by atoms with Crippen molar-refractivity contribution >= 4 is 0 Å². The van der Waals surface area contributed by atoms with Crippen LogP contribution in [0, 0.1) is 0 Å². The highest BCUT2D eigenvalue weighted by molar-refractivity contribution is 5.02. The Morgan fingerprint density at radius 2 is 1.79 bits per heavy atom. The van der Waals surface area contributed by atoms with E-state index in [1.165, 1.54) is 0 Å². The Morgan fingerprint density at radius 1 is 1.07 bits per heavy atom.